The van der Waals surface area contributed by atoms with Crippen LogP contribution in [0.15, 0.2) is 11.1 Å². The van der Waals surface area contributed by atoms with E-state index in [1.165, 1.54) is 4.52 Å². The van der Waals surface area contributed by atoms with Crippen molar-refractivity contribution < 1.29 is 0 Å². The molecule has 0 aliphatic carbocycles. The molecule has 0 N–H and O–H groups in total. The molecule has 0 amide bonds. The van der Waals surface area contributed by atoms with Crippen LogP contribution < -0.4 is 5.56 Å². The summed E-state index contributed by atoms with van der Waals surface area (Å²) in [5, 5.41) is 0.712. The molecule has 0 aliphatic heterocycles. The first kappa shape index (κ1) is 9.53. The topological polar surface area (TPSA) is 52.2 Å². The molecule has 0 bridgehead atoms. The largest absolute Gasteiger partial charge is 0.283 e. The summed E-state index contributed by atoms with van der Waals surface area (Å²) in [6.07, 6.45) is 1.59. The summed E-state index contributed by atoms with van der Waals surface area (Å²) < 4.78 is 3.14. The molecular weight excluding hydrogens is 224 g/mol. The number of nitrogens with zero attached hydrogens (tertiary/aromatic N) is 4. The zero-order valence-electron chi connectivity index (χ0n) is 9.18. The van der Waals surface area contributed by atoms with Gasteiger partial charge in [-0.05, 0) is 19.4 Å². The maximum Gasteiger partial charge on any atom is 0.283 e. The third kappa shape index (κ3) is 1.02. The number of hydrogen-bond acceptors (Lipinski definition) is 4. The number of fused-ring (bicyclic) bond motifs is 2. The zero-order chi connectivity index (χ0) is 11.4. The lowest BCUT2D eigenvalue weighted by molar-refractivity contribution is 0.685. The molecule has 0 aliphatic rings. The summed E-state index contributed by atoms with van der Waals surface area (Å²) >= 11 is 1.54. The van der Waals surface area contributed by atoms with E-state index in [-0.39, 0.29) is 5.56 Å². The van der Waals surface area contributed by atoms with Crippen molar-refractivity contribution in [3.63, 3.8) is 0 Å². The number of aromatic nitrogens is 4. The van der Waals surface area contributed by atoms with Crippen molar-refractivity contribution in [2.24, 2.45) is 7.05 Å². The highest BCUT2D eigenvalue weighted by Crippen LogP contribution is 2.25. The molecule has 6 heteroatoms. The van der Waals surface area contributed by atoms with Gasteiger partial charge in [-0.2, -0.15) is 14.5 Å². The fourth-order valence-corrected chi connectivity index (χ4v) is 2.84. The number of aryl methyl sites for hydroxylation is 3. The van der Waals surface area contributed by atoms with Crippen molar-refractivity contribution in [1.29, 1.82) is 0 Å². The summed E-state index contributed by atoms with van der Waals surface area (Å²) in [5.74, 6) is 0.459. The predicted molar refractivity (Wildman–Crippen MR) is 63.1 cm³/mol. The molecule has 3 rings (SSSR count). The van der Waals surface area contributed by atoms with Gasteiger partial charge in [0.2, 0.25) is 0 Å². The molecule has 3 aromatic rings. The monoisotopic (exact) mass is 234 g/mol. The Balaban J connectivity index is 2.69. The Morgan fingerprint density at radius 3 is 2.88 bits per heavy atom. The summed E-state index contributed by atoms with van der Waals surface area (Å²) in [7, 11) is 1.78. The van der Waals surface area contributed by atoms with Crippen LogP contribution in [0.1, 0.15) is 10.4 Å². The van der Waals surface area contributed by atoms with Gasteiger partial charge >= 0.3 is 0 Å². The minimum atomic E-state index is -0.0400. The van der Waals surface area contributed by atoms with Crippen LogP contribution in [0.4, 0.5) is 0 Å². The highest BCUT2D eigenvalue weighted by Gasteiger charge is 2.14. The lowest BCUT2D eigenvalue weighted by Crippen LogP contribution is -2.19. The molecule has 82 valence electrons. The minimum absolute atomic E-state index is 0.0400. The first-order chi connectivity index (χ1) is 7.59. The van der Waals surface area contributed by atoms with Gasteiger partial charge in [0.05, 0.1) is 5.39 Å². The van der Waals surface area contributed by atoms with Crippen LogP contribution in [0.3, 0.4) is 0 Å². The van der Waals surface area contributed by atoms with Gasteiger partial charge in [0.1, 0.15) is 11.2 Å². The quantitative estimate of drug-likeness (QED) is 0.588. The van der Waals surface area contributed by atoms with Gasteiger partial charge in [0, 0.05) is 11.9 Å². The average Bonchev–Trinajstić information content (AvgIpc) is 2.71. The second kappa shape index (κ2) is 2.91. The molecule has 3 heterocycles. The molecule has 3 aromatic heterocycles. The molecule has 0 saturated heterocycles. The average molecular weight is 234 g/mol. The Morgan fingerprint density at radius 2 is 2.12 bits per heavy atom. The van der Waals surface area contributed by atoms with Crippen LogP contribution >= 0.6 is 11.3 Å². The lowest BCUT2D eigenvalue weighted by atomic mass is 10.2. The third-order valence-electron chi connectivity index (χ3n) is 2.82. The van der Waals surface area contributed by atoms with Crippen LogP contribution in [0.2, 0.25) is 0 Å². The Bertz CT molecular complexity index is 764. The van der Waals surface area contributed by atoms with E-state index in [1.807, 2.05) is 13.8 Å². The van der Waals surface area contributed by atoms with Crippen molar-refractivity contribution in [2.45, 2.75) is 13.8 Å². The second-order valence-corrected chi connectivity index (χ2v) is 5.01. The van der Waals surface area contributed by atoms with Crippen molar-refractivity contribution in [3.05, 3.63) is 27.1 Å². The van der Waals surface area contributed by atoms with Gasteiger partial charge in [-0.25, -0.2) is 0 Å². The smallest absolute Gasteiger partial charge is 0.267 e. The molecule has 0 atom stereocenters. The van der Waals surface area contributed by atoms with E-state index in [1.54, 1.807) is 29.4 Å². The fourth-order valence-electron chi connectivity index (χ4n) is 1.83. The van der Waals surface area contributed by atoms with Crippen LogP contribution in [0.25, 0.3) is 16.0 Å². The van der Waals surface area contributed by atoms with Crippen LogP contribution in [-0.2, 0) is 7.05 Å². The normalized spacial score (nSPS) is 11.7. The number of rotatable bonds is 0. The van der Waals surface area contributed by atoms with Gasteiger partial charge in [-0.1, -0.05) is 0 Å². The Kier molecular flexibility index (Phi) is 1.74. The molecule has 0 unspecified atom stereocenters. The number of thiophene rings is 1. The zero-order valence-corrected chi connectivity index (χ0v) is 10.00. The number of hydrogen-bond donors (Lipinski definition) is 0. The van der Waals surface area contributed by atoms with Crippen molar-refractivity contribution in [2.75, 3.05) is 0 Å². The molecular formula is C10H10N4OS. The Morgan fingerprint density at radius 1 is 1.38 bits per heavy atom. The van der Waals surface area contributed by atoms with Gasteiger partial charge < -0.3 is 0 Å². The minimum Gasteiger partial charge on any atom is -0.267 e. The van der Waals surface area contributed by atoms with E-state index in [0.29, 0.717) is 11.2 Å². The van der Waals surface area contributed by atoms with Gasteiger partial charge in [-0.15, -0.1) is 11.3 Å². The van der Waals surface area contributed by atoms with E-state index in [9.17, 15) is 4.79 Å². The van der Waals surface area contributed by atoms with Crippen molar-refractivity contribution >= 4 is 27.3 Å². The second-order valence-electron chi connectivity index (χ2n) is 3.81. The summed E-state index contributed by atoms with van der Waals surface area (Å²) in [5.41, 5.74) is 0.981. The molecule has 0 aromatic carbocycles. The molecule has 0 saturated carbocycles. The summed E-state index contributed by atoms with van der Waals surface area (Å²) in [6, 6.07) is 0. The standard InChI is InChI=1S/C10H10N4OS/c1-5-6(2)16-8-7(5)9(15)14-10(12-8)11-4-13(14)3/h4H,1-3H3. The van der Waals surface area contributed by atoms with Gasteiger partial charge in [0.25, 0.3) is 11.3 Å². The Labute approximate surface area is 95.0 Å². The van der Waals surface area contributed by atoms with Crippen molar-refractivity contribution in [3.8, 4) is 0 Å². The van der Waals surface area contributed by atoms with Crippen LogP contribution in [0.5, 0.6) is 0 Å². The van der Waals surface area contributed by atoms with E-state index >= 15 is 0 Å². The molecule has 0 radical (unpaired) electrons. The molecule has 5 nitrogen and oxygen atoms in total. The van der Waals surface area contributed by atoms with E-state index < -0.39 is 0 Å². The first-order valence-electron chi connectivity index (χ1n) is 4.89. The molecule has 16 heavy (non-hydrogen) atoms. The summed E-state index contributed by atoms with van der Waals surface area (Å²) in [6.45, 7) is 3.96. The van der Waals surface area contributed by atoms with Crippen LogP contribution in [0, 0.1) is 13.8 Å². The highest BCUT2D eigenvalue weighted by atomic mass is 32.1. The SMILES string of the molecule is Cc1sc2nc3ncn(C)n3c(=O)c2c1C. The maximum atomic E-state index is 12.3. The van der Waals surface area contributed by atoms with Crippen molar-refractivity contribution in [1.82, 2.24) is 19.2 Å². The van der Waals surface area contributed by atoms with E-state index in [0.717, 1.165) is 15.3 Å². The maximum absolute atomic E-state index is 12.3. The predicted octanol–water partition coefficient (Wildman–Crippen LogP) is 1.26. The van der Waals surface area contributed by atoms with Crippen LogP contribution in [-0.4, -0.2) is 19.2 Å². The third-order valence-corrected chi connectivity index (χ3v) is 3.92. The molecule has 0 fully saturated rings. The molecule has 0 spiro atoms. The highest BCUT2D eigenvalue weighted by molar-refractivity contribution is 7.18. The van der Waals surface area contributed by atoms with Gasteiger partial charge in [0.15, 0.2) is 0 Å². The van der Waals surface area contributed by atoms with E-state index in [4.69, 9.17) is 0 Å². The summed E-state index contributed by atoms with van der Waals surface area (Å²) in [4.78, 5) is 22.7. The first-order valence-corrected chi connectivity index (χ1v) is 5.71. The fraction of sp³-hybridized carbons (Fsp3) is 0.300. The van der Waals surface area contributed by atoms with Gasteiger partial charge in [-0.3, -0.25) is 9.48 Å². The Hall–Kier alpha value is -1.69. The van der Waals surface area contributed by atoms with E-state index in [2.05, 4.69) is 9.97 Å². The lowest BCUT2D eigenvalue weighted by Gasteiger charge is -1.97.